The summed E-state index contributed by atoms with van der Waals surface area (Å²) in [5.74, 6) is -0.236. The number of hydrogen-bond donors (Lipinski definition) is 1. The molecule has 8 heteroatoms. The van der Waals surface area contributed by atoms with Gasteiger partial charge in [-0.25, -0.2) is 13.1 Å². The highest BCUT2D eigenvalue weighted by molar-refractivity contribution is 9.10. The summed E-state index contributed by atoms with van der Waals surface area (Å²) in [6.45, 7) is 1.76. The number of rotatable bonds is 6. The van der Waals surface area contributed by atoms with Crippen LogP contribution in [0.2, 0.25) is 0 Å². The van der Waals surface area contributed by atoms with Gasteiger partial charge in [0.25, 0.3) is 5.69 Å². The molecule has 0 bridgehead atoms. The lowest BCUT2D eigenvalue weighted by molar-refractivity contribution is -0.384. The van der Waals surface area contributed by atoms with Gasteiger partial charge in [0.15, 0.2) is 0 Å². The van der Waals surface area contributed by atoms with Gasteiger partial charge in [-0.05, 0) is 24.1 Å². The van der Waals surface area contributed by atoms with E-state index in [0.29, 0.717) is 5.56 Å². The third-order valence-electron chi connectivity index (χ3n) is 3.23. The van der Waals surface area contributed by atoms with Gasteiger partial charge in [-0.2, -0.15) is 0 Å². The number of non-ortho nitro benzene ring substituents is 1. The van der Waals surface area contributed by atoms with Crippen LogP contribution in [0.4, 0.5) is 5.69 Å². The standard InChI is InChI=1S/C15H15BrN2O4S/c1-11(14-4-2-3-5-15(14)16)17-23(21,22)10-12-6-8-13(9-7-12)18(19)20/h2-9,11,17H,10H2,1H3/t11-/m0/s1. The quantitative estimate of drug-likeness (QED) is 0.595. The molecule has 0 aromatic heterocycles. The van der Waals surface area contributed by atoms with E-state index < -0.39 is 21.0 Å². The molecule has 0 fully saturated rings. The van der Waals surface area contributed by atoms with Crippen molar-refractivity contribution in [3.63, 3.8) is 0 Å². The zero-order chi connectivity index (χ0) is 17.0. The molecule has 2 rings (SSSR count). The first-order valence-corrected chi connectivity index (χ1v) is 9.21. The molecule has 0 unspecified atom stereocenters. The van der Waals surface area contributed by atoms with Crippen LogP contribution in [0, 0.1) is 10.1 Å². The minimum Gasteiger partial charge on any atom is -0.258 e. The highest BCUT2D eigenvalue weighted by Crippen LogP contribution is 2.24. The number of nitrogens with one attached hydrogen (secondary N) is 1. The first kappa shape index (κ1) is 17.6. The van der Waals surface area contributed by atoms with Crippen molar-refractivity contribution >= 4 is 31.6 Å². The number of benzene rings is 2. The monoisotopic (exact) mass is 398 g/mol. The highest BCUT2D eigenvalue weighted by atomic mass is 79.9. The Balaban J connectivity index is 2.10. The SMILES string of the molecule is C[C@H](NS(=O)(=O)Cc1ccc([N+](=O)[O-])cc1)c1ccccc1Br. The molecule has 0 aliphatic carbocycles. The molecular formula is C15H15BrN2O4S. The van der Waals surface area contributed by atoms with Crippen molar-refractivity contribution in [2.45, 2.75) is 18.7 Å². The van der Waals surface area contributed by atoms with Gasteiger partial charge >= 0.3 is 0 Å². The summed E-state index contributed by atoms with van der Waals surface area (Å²) in [6.07, 6.45) is 0. The topological polar surface area (TPSA) is 89.3 Å². The predicted octanol–water partition coefficient (Wildman–Crippen LogP) is 3.54. The Morgan fingerprint density at radius 3 is 2.35 bits per heavy atom. The minimum absolute atomic E-state index is 0.0688. The molecule has 0 aliphatic heterocycles. The van der Waals surface area contributed by atoms with E-state index in [2.05, 4.69) is 20.7 Å². The average molecular weight is 399 g/mol. The van der Waals surface area contributed by atoms with Crippen molar-refractivity contribution in [3.05, 3.63) is 74.2 Å². The van der Waals surface area contributed by atoms with Crippen molar-refractivity contribution in [3.8, 4) is 0 Å². The zero-order valence-electron chi connectivity index (χ0n) is 12.3. The van der Waals surface area contributed by atoms with Gasteiger partial charge in [-0.1, -0.05) is 46.3 Å². The molecule has 0 saturated heterocycles. The Bertz CT molecular complexity index is 806. The minimum atomic E-state index is -3.57. The van der Waals surface area contributed by atoms with E-state index in [9.17, 15) is 18.5 Å². The number of halogens is 1. The molecule has 2 aromatic rings. The van der Waals surface area contributed by atoms with Gasteiger partial charge in [0.05, 0.1) is 10.7 Å². The Morgan fingerprint density at radius 2 is 1.78 bits per heavy atom. The molecular weight excluding hydrogens is 384 g/mol. The Kier molecular flexibility index (Phi) is 5.51. The fourth-order valence-corrected chi connectivity index (χ4v) is 4.14. The molecule has 1 atom stereocenters. The van der Waals surface area contributed by atoms with Crippen LogP contribution in [0.15, 0.2) is 53.0 Å². The smallest absolute Gasteiger partial charge is 0.258 e. The van der Waals surface area contributed by atoms with Gasteiger partial charge in [-0.3, -0.25) is 10.1 Å². The maximum Gasteiger partial charge on any atom is 0.269 e. The molecule has 2 aromatic carbocycles. The van der Waals surface area contributed by atoms with Crippen LogP contribution >= 0.6 is 15.9 Å². The third kappa shape index (κ3) is 4.85. The second-order valence-electron chi connectivity index (χ2n) is 5.04. The normalized spacial score (nSPS) is 12.8. The van der Waals surface area contributed by atoms with Gasteiger partial charge in [0.2, 0.25) is 10.0 Å². The molecule has 0 amide bonds. The van der Waals surface area contributed by atoms with Gasteiger partial charge in [0, 0.05) is 22.6 Å². The number of sulfonamides is 1. The molecule has 0 saturated carbocycles. The summed E-state index contributed by atoms with van der Waals surface area (Å²) in [4.78, 5) is 10.1. The van der Waals surface area contributed by atoms with Crippen LogP contribution in [0.5, 0.6) is 0 Å². The van der Waals surface area contributed by atoms with Crippen LogP contribution in [0.3, 0.4) is 0 Å². The number of hydrogen-bond acceptors (Lipinski definition) is 4. The second-order valence-corrected chi connectivity index (χ2v) is 7.65. The molecule has 0 heterocycles. The van der Waals surface area contributed by atoms with E-state index in [4.69, 9.17) is 0 Å². The van der Waals surface area contributed by atoms with Gasteiger partial charge in [0.1, 0.15) is 0 Å². The maximum absolute atomic E-state index is 12.3. The highest BCUT2D eigenvalue weighted by Gasteiger charge is 2.18. The summed E-state index contributed by atoms with van der Waals surface area (Å²) in [6, 6.07) is 12.5. The predicted molar refractivity (Wildman–Crippen MR) is 91.4 cm³/mol. The number of nitrogens with zero attached hydrogens (tertiary/aromatic N) is 1. The summed E-state index contributed by atoms with van der Waals surface area (Å²) < 4.78 is 27.9. The summed E-state index contributed by atoms with van der Waals surface area (Å²) in [5.41, 5.74) is 1.25. The van der Waals surface area contributed by atoms with Crippen molar-refractivity contribution in [2.75, 3.05) is 0 Å². The van der Waals surface area contributed by atoms with Crippen molar-refractivity contribution < 1.29 is 13.3 Å². The van der Waals surface area contributed by atoms with E-state index >= 15 is 0 Å². The van der Waals surface area contributed by atoms with E-state index in [1.165, 1.54) is 24.3 Å². The fraction of sp³-hybridized carbons (Fsp3) is 0.200. The Morgan fingerprint density at radius 1 is 1.17 bits per heavy atom. The molecule has 1 N–H and O–H groups in total. The van der Waals surface area contributed by atoms with Crippen LogP contribution in [-0.2, 0) is 15.8 Å². The first-order valence-electron chi connectivity index (χ1n) is 6.76. The number of nitro groups is 1. The average Bonchev–Trinajstić information content (AvgIpc) is 2.47. The molecule has 0 aliphatic rings. The molecule has 0 radical (unpaired) electrons. The van der Waals surface area contributed by atoms with Crippen LogP contribution in [0.1, 0.15) is 24.1 Å². The molecule has 122 valence electrons. The summed E-state index contributed by atoms with van der Waals surface area (Å²) in [7, 11) is -3.57. The van der Waals surface area contributed by atoms with Crippen LogP contribution < -0.4 is 4.72 Å². The van der Waals surface area contributed by atoms with Crippen molar-refractivity contribution in [1.29, 1.82) is 0 Å². The molecule has 6 nitrogen and oxygen atoms in total. The van der Waals surface area contributed by atoms with E-state index in [1.807, 2.05) is 24.3 Å². The largest absolute Gasteiger partial charge is 0.269 e. The lowest BCUT2D eigenvalue weighted by Crippen LogP contribution is -2.28. The van der Waals surface area contributed by atoms with Crippen LogP contribution in [-0.4, -0.2) is 13.3 Å². The second kappa shape index (κ2) is 7.20. The van der Waals surface area contributed by atoms with Crippen LogP contribution in [0.25, 0.3) is 0 Å². The number of nitro benzene ring substituents is 1. The molecule has 0 spiro atoms. The lowest BCUT2D eigenvalue weighted by atomic mass is 10.1. The zero-order valence-corrected chi connectivity index (χ0v) is 14.7. The Labute approximate surface area is 142 Å². The van der Waals surface area contributed by atoms with E-state index in [-0.39, 0.29) is 11.4 Å². The maximum atomic E-state index is 12.3. The fourth-order valence-electron chi connectivity index (χ4n) is 2.13. The van der Waals surface area contributed by atoms with Gasteiger partial charge < -0.3 is 0 Å². The Hall–Kier alpha value is -1.77. The summed E-state index contributed by atoms with van der Waals surface area (Å²) in [5, 5.41) is 10.6. The van der Waals surface area contributed by atoms with Crippen molar-refractivity contribution in [2.24, 2.45) is 0 Å². The summed E-state index contributed by atoms with van der Waals surface area (Å²) >= 11 is 3.39. The first-order chi connectivity index (χ1) is 10.8. The van der Waals surface area contributed by atoms with Crippen molar-refractivity contribution in [1.82, 2.24) is 4.72 Å². The van der Waals surface area contributed by atoms with Gasteiger partial charge in [-0.15, -0.1) is 0 Å². The van der Waals surface area contributed by atoms with E-state index in [1.54, 1.807) is 6.92 Å². The van der Waals surface area contributed by atoms with E-state index in [0.717, 1.165) is 10.0 Å². The third-order valence-corrected chi connectivity index (χ3v) is 5.38. The molecule has 23 heavy (non-hydrogen) atoms. The lowest BCUT2D eigenvalue weighted by Gasteiger charge is -2.16.